The fourth-order valence-corrected chi connectivity index (χ4v) is 4.49. The standard InChI is InChI=1S/C24H28N2.C6H10O.C2H6/c1-5-13-22-18(3)26(19(4)25-23(22)6-2)24(20-14-9-7-10-15-20)21-16-11-8-12-17-21;1-5(7)4-6-2-3-6;1-2/h7-12,14-17,24H,3,5-6,13H2,1-2,4H3;6H,2-4H2,1H3;1-2H3. The van der Waals surface area contributed by atoms with Crippen molar-refractivity contribution in [2.45, 2.75) is 86.1 Å². The molecule has 0 N–H and O–H groups in total. The lowest BCUT2D eigenvalue weighted by atomic mass is 9.93. The van der Waals surface area contributed by atoms with Gasteiger partial charge in [-0.05, 0) is 62.1 Å². The summed E-state index contributed by atoms with van der Waals surface area (Å²) in [5, 5.41) is 0. The SMILES string of the molecule is C=C1C(CCC)=C(CC)N=C(C)N1C(c1ccccc1)c1ccccc1.CC.CC(=O)CC1CC1. The maximum absolute atomic E-state index is 10.3. The van der Waals surface area contributed by atoms with Gasteiger partial charge in [-0.3, -0.25) is 0 Å². The number of hydrogen-bond donors (Lipinski definition) is 0. The van der Waals surface area contributed by atoms with E-state index >= 15 is 0 Å². The molecule has 3 heteroatoms. The molecule has 0 amide bonds. The Labute approximate surface area is 213 Å². The van der Waals surface area contributed by atoms with Crippen LogP contribution in [0.4, 0.5) is 0 Å². The van der Waals surface area contributed by atoms with Crippen LogP contribution in [0, 0.1) is 5.92 Å². The first-order valence-electron chi connectivity index (χ1n) is 13.3. The predicted octanol–water partition coefficient (Wildman–Crippen LogP) is 8.89. The molecule has 0 saturated heterocycles. The van der Waals surface area contributed by atoms with Gasteiger partial charge < -0.3 is 9.69 Å². The summed E-state index contributed by atoms with van der Waals surface area (Å²) in [6.07, 6.45) is 6.48. The molecule has 1 saturated carbocycles. The number of nitrogens with zero attached hydrogens (tertiary/aromatic N) is 2. The zero-order valence-electron chi connectivity index (χ0n) is 22.7. The Morgan fingerprint density at radius 2 is 1.51 bits per heavy atom. The van der Waals surface area contributed by atoms with E-state index in [0.717, 1.165) is 43.1 Å². The summed E-state index contributed by atoms with van der Waals surface area (Å²) in [5.41, 5.74) is 6.09. The minimum Gasteiger partial charge on any atom is -0.319 e. The minimum atomic E-state index is 0.0823. The van der Waals surface area contributed by atoms with E-state index < -0.39 is 0 Å². The van der Waals surface area contributed by atoms with Crippen LogP contribution in [0.15, 0.2) is 89.2 Å². The molecule has 4 rings (SSSR count). The number of hydrogen-bond acceptors (Lipinski definition) is 3. The fourth-order valence-electron chi connectivity index (χ4n) is 4.49. The molecule has 188 valence electrons. The van der Waals surface area contributed by atoms with Gasteiger partial charge in [-0.2, -0.15) is 0 Å². The summed E-state index contributed by atoms with van der Waals surface area (Å²) < 4.78 is 0. The Morgan fingerprint density at radius 3 is 1.89 bits per heavy atom. The number of carbonyl (C=O) groups is 1. The second-order valence-electron chi connectivity index (χ2n) is 9.08. The van der Waals surface area contributed by atoms with E-state index in [2.05, 4.69) is 92.9 Å². The Hall–Kier alpha value is -2.94. The van der Waals surface area contributed by atoms with Crippen LogP contribution in [0.25, 0.3) is 0 Å². The third-order valence-corrected chi connectivity index (χ3v) is 6.23. The highest BCUT2D eigenvalue weighted by molar-refractivity contribution is 5.86. The van der Waals surface area contributed by atoms with Crippen molar-refractivity contribution in [3.63, 3.8) is 0 Å². The average molecular weight is 473 g/mol. The first-order chi connectivity index (χ1) is 17.0. The van der Waals surface area contributed by atoms with Crippen LogP contribution in [-0.2, 0) is 4.79 Å². The van der Waals surface area contributed by atoms with Crippen LogP contribution in [0.5, 0.6) is 0 Å². The third kappa shape index (κ3) is 8.06. The maximum atomic E-state index is 10.3. The maximum Gasteiger partial charge on any atom is 0.130 e. The van der Waals surface area contributed by atoms with Crippen molar-refractivity contribution in [3.05, 3.63) is 95.3 Å². The summed E-state index contributed by atoms with van der Waals surface area (Å²) >= 11 is 0. The van der Waals surface area contributed by atoms with E-state index in [0.29, 0.717) is 5.78 Å². The van der Waals surface area contributed by atoms with Crippen LogP contribution < -0.4 is 0 Å². The van der Waals surface area contributed by atoms with Crippen LogP contribution >= 0.6 is 0 Å². The van der Waals surface area contributed by atoms with Gasteiger partial charge in [-0.15, -0.1) is 0 Å². The van der Waals surface area contributed by atoms with Gasteiger partial charge >= 0.3 is 0 Å². The molecule has 0 bridgehead atoms. The molecule has 0 aromatic heterocycles. The van der Waals surface area contributed by atoms with Gasteiger partial charge in [-0.25, -0.2) is 4.99 Å². The van der Waals surface area contributed by atoms with Gasteiger partial charge in [0.25, 0.3) is 0 Å². The molecule has 35 heavy (non-hydrogen) atoms. The second-order valence-corrected chi connectivity index (χ2v) is 9.08. The molecule has 1 aliphatic heterocycles. The van der Waals surface area contributed by atoms with Gasteiger partial charge in [-0.1, -0.05) is 101 Å². The minimum absolute atomic E-state index is 0.0823. The highest BCUT2D eigenvalue weighted by atomic mass is 16.1. The first kappa shape index (κ1) is 28.3. The number of rotatable bonds is 8. The molecular formula is C32H44N2O. The second kappa shape index (κ2) is 14.5. The smallest absolute Gasteiger partial charge is 0.130 e. The van der Waals surface area contributed by atoms with Crippen molar-refractivity contribution in [1.29, 1.82) is 0 Å². The number of carbonyl (C=O) groups excluding carboxylic acids is 1. The van der Waals surface area contributed by atoms with Crippen molar-refractivity contribution in [2.75, 3.05) is 0 Å². The van der Waals surface area contributed by atoms with Gasteiger partial charge in [0.1, 0.15) is 11.6 Å². The molecule has 1 aliphatic carbocycles. The summed E-state index contributed by atoms with van der Waals surface area (Å²) in [4.78, 5) is 17.6. The highest BCUT2D eigenvalue weighted by Gasteiger charge is 2.30. The van der Waals surface area contributed by atoms with Crippen LogP contribution in [-0.4, -0.2) is 16.5 Å². The molecule has 2 aromatic carbocycles. The summed E-state index contributed by atoms with van der Waals surface area (Å²) in [6, 6.07) is 21.4. The Morgan fingerprint density at radius 1 is 1.00 bits per heavy atom. The van der Waals surface area contributed by atoms with E-state index in [1.807, 2.05) is 13.8 Å². The van der Waals surface area contributed by atoms with E-state index in [4.69, 9.17) is 4.99 Å². The van der Waals surface area contributed by atoms with Crippen LogP contribution in [0.3, 0.4) is 0 Å². The number of aliphatic imine (C=N–C) groups is 1. The summed E-state index contributed by atoms with van der Waals surface area (Å²) in [5.74, 6) is 2.14. The molecule has 0 atom stereocenters. The zero-order valence-corrected chi connectivity index (χ0v) is 22.7. The largest absolute Gasteiger partial charge is 0.319 e. The predicted molar refractivity (Wildman–Crippen MR) is 150 cm³/mol. The van der Waals surface area contributed by atoms with Crippen LogP contribution in [0.2, 0.25) is 0 Å². The number of Topliss-reactive ketones (excluding diaryl/α,β-unsaturated/α-hetero) is 1. The zero-order chi connectivity index (χ0) is 25.8. The van der Waals surface area contributed by atoms with E-state index in [1.165, 1.54) is 35.2 Å². The molecular weight excluding hydrogens is 428 g/mol. The average Bonchev–Trinajstić information content (AvgIpc) is 3.69. The van der Waals surface area contributed by atoms with Crippen molar-refractivity contribution < 1.29 is 4.79 Å². The van der Waals surface area contributed by atoms with Crippen molar-refractivity contribution in [2.24, 2.45) is 10.9 Å². The quantitative estimate of drug-likeness (QED) is 0.384. The molecule has 1 fully saturated rings. The summed E-state index contributed by atoms with van der Waals surface area (Å²) in [6.45, 7) is 16.7. The van der Waals surface area contributed by atoms with Crippen molar-refractivity contribution in [1.82, 2.24) is 4.90 Å². The number of benzene rings is 2. The van der Waals surface area contributed by atoms with Gasteiger partial charge in [0, 0.05) is 17.8 Å². The molecule has 2 aromatic rings. The van der Waals surface area contributed by atoms with Crippen molar-refractivity contribution >= 4 is 11.6 Å². The molecule has 0 spiro atoms. The monoisotopic (exact) mass is 472 g/mol. The third-order valence-electron chi connectivity index (χ3n) is 6.23. The van der Waals surface area contributed by atoms with E-state index in [1.54, 1.807) is 6.92 Å². The Kier molecular flexibility index (Phi) is 11.7. The fraction of sp³-hybridized carbons (Fsp3) is 0.438. The molecule has 1 heterocycles. The number of amidine groups is 1. The summed E-state index contributed by atoms with van der Waals surface area (Å²) in [7, 11) is 0. The molecule has 0 radical (unpaired) electrons. The normalized spacial score (nSPS) is 15.1. The highest BCUT2D eigenvalue weighted by Crippen LogP contribution is 2.38. The number of ketones is 1. The Bertz CT molecular complexity index is 961. The van der Waals surface area contributed by atoms with Crippen LogP contribution in [0.1, 0.15) is 97.2 Å². The lowest BCUT2D eigenvalue weighted by Crippen LogP contribution is -2.36. The topological polar surface area (TPSA) is 32.7 Å². The lowest BCUT2D eigenvalue weighted by Gasteiger charge is -2.39. The first-order valence-corrected chi connectivity index (χ1v) is 13.3. The Balaban J connectivity index is 0.000000407. The molecule has 2 aliphatic rings. The molecule has 0 unspecified atom stereocenters. The van der Waals surface area contributed by atoms with E-state index in [9.17, 15) is 4.79 Å². The van der Waals surface area contributed by atoms with Crippen molar-refractivity contribution in [3.8, 4) is 0 Å². The van der Waals surface area contributed by atoms with Gasteiger partial charge in [0.15, 0.2) is 0 Å². The van der Waals surface area contributed by atoms with E-state index in [-0.39, 0.29) is 6.04 Å². The van der Waals surface area contributed by atoms with Gasteiger partial charge in [0.2, 0.25) is 0 Å². The van der Waals surface area contributed by atoms with Gasteiger partial charge in [0.05, 0.1) is 6.04 Å². The lowest BCUT2D eigenvalue weighted by molar-refractivity contribution is -0.117. The number of allylic oxidation sites excluding steroid dienone is 2. The molecule has 3 nitrogen and oxygen atoms in total.